The van der Waals surface area contributed by atoms with Crippen molar-refractivity contribution in [3.05, 3.63) is 94.0 Å². The molecule has 2 atom stereocenters. The standard InChI is InChI=1S/C26H24FN5O3/c1-2-20(33)32-13-5-6-16(14-32)24-22-21(25(28)30-31-26(22)34)23(29-24)15-9-11-17(12-10-15)35-19-8-4-3-7-18(19)27/h2-4,7-12,16,24H,1,5-6,13-14H2,(H2,28,30)(H,31,34). The Labute approximate surface area is 200 Å². The lowest BCUT2D eigenvalue weighted by Gasteiger charge is -2.34. The van der Waals surface area contributed by atoms with Crippen molar-refractivity contribution in [3.8, 4) is 11.5 Å². The van der Waals surface area contributed by atoms with E-state index in [9.17, 15) is 14.0 Å². The fourth-order valence-corrected chi connectivity index (χ4v) is 4.77. The van der Waals surface area contributed by atoms with E-state index in [2.05, 4.69) is 16.8 Å². The largest absolute Gasteiger partial charge is 0.454 e. The van der Waals surface area contributed by atoms with Gasteiger partial charge in [0, 0.05) is 24.6 Å². The molecule has 1 amide bonds. The van der Waals surface area contributed by atoms with Crippen LogP contribution in [0.2, 0.25) is 0 Å². The Bertz CT molecular complexity index is 1380. The molecule has 0 radical (unpaired) electrons. The van der Waals surface area contributed by atoms with Crippen molar-refractivity contribution in [2.45, 2.75) is 18.9 Å². The first-order valence-electron chi connectivity index (χ1n) is 11.4. The highest BCUT2D eigenvalue weighted by Crippen LogP contribution is 2.40. The number of halogens is 1. The van der Waals surface area contributed by atoms with Crippen LogP contribution in [0.15, 0.2) is 71.0 Å². The Hall–Kier alpha value is -4.27. The smallest absolute Gasteiger partial charge is 0.270 e. The van der Waals surface area contributed by atoms with Crippen LogP contribution < -0.4 is 16.0 Å². The lowest BCUT2D eigenvalue weighted by atomic mass is 9.86. The molecule has 0 bridgehead atoms. The van der Waals surface area contributed by atoms with E-state index in [1.165, 1.54) is 12.1 Å². The Balaban J connectivity index is 1.49. The first-order valence-corrected chi connectivity index (χ1v) is 11.4. The zero-order valence-electron chi connectivity index (χ0n) is 18.9. The van der Waals surface area contributed by atoms with E-state index in [-0.39, 0.29) is 29.0 Å². The maximum Gasteiger partial charge on any atom is 0.270 e. The summed E-state index contributed by atoms with van der Waals surface area (Å²) in [5.74, 6) is 0.128. The van der Waals surface area contributed by atoms with Crippen LogP contribution in [0.4, 0.5) is 10.2 Å². The summed E-state index contributed by atoms with van der Waals surface area (Å²) in [6, 6.07) is 12.7. The monoisotopic (exact) mass is 473 g/mol. The van der Waals surface area contributed by atoms with Crippen molar-refractivity contribution >= 4 is 17.4 Å². The van der Waals surface area contributed by atoms with Gasteiger partial charge in [-0.25, -0.2) is 9.49 Å². The molecule has 1 fully saturated rings. The van der Waals surface area contributed by atoms with Gasteiger partial charge in [-0.3, -0.25) is 14.6 Å². The number of benzene rings is 2. The van der Waals surface area contributed by atoms with E-state index in [1.807, 2.05) is 0 Å². The van der Waals surface area contributed by atoms with Crippen molar-refractivity contribution < 1.29 is 13.9 Å². The van der Waals surface area contributed by atoms with Crippen LogP contribution in [0.3, 0.4) is 0 Å². The molecule has 0 aliphatic carbocycles. The molecular formula is C26H24FN5O3. The number of likely N-dealkylation sites (tertiary alicyclic amines) is 1. The second-order valence-corrected chi connectivity index (χ2v) is 8.60. The van der Waals surface area contributed by atoms with Crippen molar-refractivity contribution in [1.29, 1.82) is 0 Å². The number of aliphatic imine (C=N–C) groups is 1. The molecule has 3 aromatic rings. The van der Waals surface area contributed by atoms with Gasteiger partial charge in [-0.15, -0.1) is 0 Å². The Morgan fingerprint density at radius 2 is 2.00 bits per heavy atom. The number of para-hydroxylation sites is 1. The number of nitrogen functional groups attached to an aromatic ring is 1. The molecule has 2 aliphatic rings. The summed E-state index contributed by atoms with van der Waals surface area (Å²) in [5.41, 5.74) is 8.12. The number of carbonyl (C=O) groups excluding carboxylic acids is 1. The molecule has 8 nitrogen and oxygen atoms in total. The quantitative estimate of drug-likeness (QED) is 0.550. The second kappa shape index (κ2) is 9.17. The van der Waals surface area contributed by atoms with E-state index in [4.69, 9.17) is 15.5 Å². The average molecular weight is 474 g/mol. The number of fused-ring (bicyclic) bond motifs is 1. The molecule has 2 unspecified atom stereocenters. The van der Waals surface area contributed by atoms with E-state index in [0.29, 0.717) is 35.7 Å². The van der Waals surface area contributed by atoms with Gasteiger partial charge in [0.05, 0.1) is 22.9 Å². The van der Waals surface area contributed by atoms with E-state index in [1.54, 1.807) is 47.4 Å². The van der Waals surface area contributed by atoms with Gasteiger partial charge in [-0.1, -0.05) is 18.7 Å². The first kappa shape index (κ1) is 22.5. The molecule has 1 saturated heterocycles. The molecule has 178 valence electrons. The summed E-state index contributed by atoms with van der Waals surface area (Å²) in [5, 5.41) is 6.43. The summed E-state index contributed by atoms with van der Waals surface area (Å²) < 4.78 is 19.6. The third kappa shape index (κ3) is 4.21. The average Bonchev–Trinajstić information content (AvgIpc) is 3.30. The molecule has 0 spiro atoms. The summed E-state index contributed by atoms with van der Waals surface area (Å²) in [4.78, 5) is 31.7. The number of H-pyrrole nitrogens is 1. The third-order valence-electron chi connectivity index (χ3n) is 6.43. The Morgan fingerprint density at radius 3 is 2.74 bits per heavy atom. The molecule has 1 aromatic heterocycles. The number of nitrogens with one attached hydrogen (secondary N) is 1. The van der Waals surface area contributed by atoms with Gasteiger partial charge in [0.25, 0.3) is 5.56 Å². The molecular weight excluding hydrogens is 449 g/mol. The van der Waals surface area contributed by atoms with Gasteiger partial charge >= 0.3 is 0 Å². The minimum atomic E-state index is -0.456. The second-order valence-electron chi connectivity index (χ2n) is 8.60. The number of ether oxygens (including phenoxy) is 1. The fourth-order valence-electron chi connectivity index (χ4n) is 4.77. The first-order chi connectivity index (χ1) is 17.0. The van der Waals surface area contributed by atoms with Gasteiger partial charge in [0.2, 0.25) is 5.91 Å². The number of rotatable bonds is 5. The molecule has 0 saturated carbocycles. The maximum atomic E-state index is 13.9. The number of anilines is 1. The summed E-state index contributed by atoms with van der Waals surface area (Å²) in [6.45, 7) is 4.70. The van der Waals surface area contributed by atoms with Gasteiger partial charge in [-0.2, -0.15) is 5.10 Å². The number of aromatic amines is 1. The van der Waals surface area contributed by atoms with Crippen LogP contribution in [-0.4, -0.2) is 39.8 Å². The number of hydrogen-bond donors (Lipinski definition) is 2. The van der Waals surface area contributed by atoms with Crippen molar-refractivity contribution in [2.75, 3.05) is 18.8 Å². The SMILES string of the molecule is C=CC(=O)N1CCCC(C2N=C(c3ccc(Oc4ccccc4F)cc3)c3c(N)n[nH]c(=O)c32)C1. The molecule has 3 heterocycles. The minimum Gasteiger partial charge on any atom is -0.454 e. The van der Waals surface area contributed by atoms with Crippen LogP contribution in [0, 0.1) is 11.7 Å². The minimum absolute atomic E-state index is 0.0459. The van der Waals surface area contributed by atoms with E-state index < -0.39 is 11.9 Å². The Kier molecular flexibility index (Phi) is 5.90. The molecule has 2 aromatic carbocycles. The lowest BCUT2D eigenvalue weighted by Crippen LogP contribution is -2.41. The third-order valence-corrected chi connectivity index (χ3v) is 6.43. The van der Waals surface area contributed by atoms with Crippen molar-refractivity contribution in [3.63, 3.8) is 0 Å². The molecule has 2 aliphatic heterocycles. The van der Waals surface area contributed by atoms with Crippen LogP contribution in [-0.2, 0) is 4.79 Å². The van der Waals surface area contributed by atoms with Gasteiger partial charge in [-0.05, 0) is 55.3 Å². The Morgan fingerprint density at radius 1 is 1.23 bits per heavy atom. The molecule has 5 rings (SSSR count). The number of amides is 1. The van der Waals surface area contributed by atoms with Crippen LogP contribution in [0.5, 0.6) is 11.5 Å². The highest BCUT2D eigenvalue weighted by atomic mass is 19.1. The molecule has 3 N–H and O–H groups in total. The van der Waals surface area contributed by atoms with Crippen molar-refractivity contribution in [2.24, 2.45) is 10.9 Å². The van der Waals surface area contributed by atoms with Gasteiger partial charge in [0.15, 0.2) is 17.4 Å². The van der Waals surface area contributed by atoms with Gasteiger partial charge in [0.1, 0.15) is 5.75 Å². The number of carbonyl (C=O) groups is 1. The highest BCUT2D eigenvalue weighted by molar-refractivity contribution is 6.17. The summed E-state index contributed by atoms with van der Waals surface area (Å²) >= 11 is 0. The number of hydrogen-bond acceptors (Lipinski definition) is 6. The van der Waals surface area contributed by atoms with E-state index in [0.717, 1.165) is 18.4 Å². The summed E-state index contributed by atoms with van der Waals surface area (Å²) in [7, 11) is 0. The fraction of sp³-hybridized carbons (Fsp3) is 0.231. The maximum absolute atomic E-state index is 13.9. The number of nitrogens with zero attached hydrogens (tertiary/aromatic N) is 3. The summed E-state index contributed by atoms with van der Waals surface area (Å²) in [6.07, 6.45) is 2.93. The normalized spacial score (nSPS) is 19.1. The van der Waals surface area contributed by atoms with Crippen LogP contribution in [0.1, 0.15) is 35.6 Å². The molecule has 35 heavy (non-hydrogen) atoms. The van der Waals surface area contributed by atoms with Gasteiger partial charge < -0.3 is 15.4 Å². The van der Waals surface area contributed by atoms with Crippen LogP contribution >= 0.6 is 0 Å². The zero-order valence-corrected chi connectivity index (χ0v) is 18.9. The van der Waals surface area contributed by atoms with Crippen molar-refractivity contribution in [1.82, 2.24) is 15.1 Å². The predicted octanol–water partition coefficient (Wildman–Crippen LogP) is 3.60. The topological polar surface area (TPSA) is 114 Å². The van der Waals surface area contributed by atoms with Crippen LogP contribution in [0.25, 0.3) is 0 Å². The van der Waals surface area contributed by atoms with E-state index >= 15 is 0 Å². The number of piperidine rings is 1. The zero-order chi connectivity index (χ0) is 24.5. The predicted molar refractivity (Wildman–Crippen MR) is 130 cm³/mol. The lowest BCUT2D eigenvalue weighted by molar-refractivity contribution is -0.127. The number of nitrogens with two attached hydrogens (primary N) is 1. The number of aromatic nitrogens is 2. The highest BCUT2D eigenvalue weighted by Gasteiger charge is 2.38. The molecule has 9 heteroatoms.